The second-order valence-corrected chi connectivity index (χ2v) is 5.82. The lowest BCUT2D eigenvalue weighted by Crippen LogP contribution is -2.12. The van der Waals surface area contributed by atoms with Crippen LogP contribution in [0.3, 0.4) is 0 Å². The van der Waals surface area contributed by atoms with Gasteiger partial charge < -0.3 is 5.32 Å². The van der Waals surface area contributed by atoms with Gasteiger partial charge in [-0.3, -0.25) is 0 Å². The fraction of sp³-hybridized carbons (Fsp3) is 0.308. The molecule has 1 N–H and O–H groups in total. The molecule has 1 heterocycles. The van der Waals surface area contributed by atoms with Gasteiger partial charge in [-0.15, -0.1) is 11.3 Å². The maximum atomic E-state index is 4.35. The molecule has 0 spiro atoms. The summed E-state index contributed by atoms with van der Waals surface area (Å²) in [5.74, 6) is 0. The summed E-state index contributed by atoms with van der Waals surface area (Å²) in [7, 11) is 0. The number of aryl methyl sites for hydroxylation is 1. The molecule has 0 aliphatic rings. The minimum atomic E-state index is 0.876. The number of benzene rings is 1. The molecule has 0 unspecified atom stereocenters. The van der Waals surface area contributed by atoms with Crippen LogP contribution in [0, 0.1) is 0 Å². The molecule has 0 aliphatic carbocycles. The molecule has 0 bridgehead atoms. The number of rotatable bonds is 5. The Morgan fingerprint density at radius 2 is 2.12 bits per heavy atom. The minimum Gasteiger partial charge on any atom is -0.308 e. The van der Waals surface area contributed by atoms with Crippen molar-refractivity contribution in [2.75, 3.05) is 0 Å². The number of hydrogen-bond acceptors (Lipinski definition) is 3. The normalized spacial score (nSPS) is 10.7. The van der Waals surface area contributed by atoms with Crippen LogP contribution in [0.4, 0.5) is 0 Å². The van der Waals surface area contributed by atoms with Gasteiger partial charge in [-0.1, -0.05) is 41.1 Å². The minimum absolute atomic E-state index is 0.876. The van der Waals surface area contributed by atoms with Crippen molar-refractivity contribution in [2.24, 2.45) is 0 Å². The average Bonchev–Trinajstić information content (AvgIpc) is 2.80. The third-order valence-electron chi connectivity index (χ3n) is 2.48. The van der Waals surface area contributed by atoms with E-state index in [4.69, 9.17) is 0 Å². The van der Waals surface area contributed by atoms with Crippen LogP contribution in [0.25, 0.3) is 0 Å². The summed E-state index contributed by atoms with van der Waals surface area (Å²) in [5.41, 5.74) is 1.28. The molecule has 1 aromatic heterocycles. The van der Waals surface area contributed by atoms with E-state index in [9.17, 15) is 0 Å². The van der Waals surface area contributed by atoms with Crippen LogP contribution < -0.4 is 5.32 Å². The number of nitrogens with zero attached hydrogens (tertiary/aromatic N) is 1. The third-order valence-corrected chi connectivity index (χ3v) is 4.39. The first-order chi connectivity index (χ1) is 8.29. The standard InChI is InChI=1S/C13H15BrN2S/c1-2-13-16-9-11(17-13)8-15-7-10-5-3-4-6-12(10)14/h3-6,9,15H,2,7-8H2,1H3. The van der Waals surface area contributed by atoms with Crippen molar-refractivity contribution >= 4 is 27.3 Å². The summed E-state index contributed by atoms with van der Waals surface area (Å²) in [6, 6.07) is 8.29. The lowest BCUT2D eigenvalue weighted by atomic mass is 10.2. The van der Waals surface area contributed by atoms with Crippen LogP contribution in [-0.4, -0.2) is 4.98 Å². The highest BCUT2D eigenvalue weighted by molar-refractivity contribution is 9.10. The predicted octanol–water partition coefficient (Wildman–Crippen LogP) is 3.76. The second-order valence-electron chi connectivity index (χ2n) is 3.77. The molecule has 2 nitrogen and oxygen atoms in total. The van der Waals surface area contributed by atoms with Crippen molar-refractivity contribution in [3.05, 3.63) is 50.4 Å². The molecule has 0 saturated carbocycles. The van der Waals surface area contributed by atoms with Gasteiger partial charge in [0, 0.05) is 28.6 Å². The monoisotopic (exact) mass is 310 g/mol. The van der Waals surface area contributed by atoms with Gasteiger partial charge in [0.15, 0.2) is 0 Å². The van der Waals surface area contributed by atoms with Gasteiger partial charge in [0.2, 0.25) is 0 Å². The van der Waals surface area contributed by atoms with Crippen LogP contribution in [0.2, 0.25) is 0 Å². The Morgan fingerprint density at radius 1 is 1.29 bits per heavy atom. The van der Waals surface area contributed by atoms with Gasteiger partial charge in [0.25, 0.3) is 0 Å². The maximum Gasteiger partial charge on any atom is 0.0925 e. The Morgan fingerprint density at radius 3 is 2.82 bits per heavy atom. The topological polar surface area (TPSA) is 24.9 Å². The molecule has 0 atom stereocenters. The first-order valence-corrected chi connectivity index (χ1v) is 7.28. The highest BCUT2D eigenvalue weighted by Gasteiger charge is 2.01. The van der Waals surface area contributed by atoms with Gasteiger partial charge in [-0.05, 0) is 18.1 Å². The van der Waals surface area contributed by atoms with E-state index in [-0.39, 0.29) is 0 Å². The van der Waals surface area contributed by atoms with E-state index in [0.717, 1.165) is 24.0 Å². The molecule has 0 amide bonds. The number of nitrogens with one attached hydrogen (secondary N) is 1. The number of halogens is 1. The summed E-state index contributed by atoms with van der Waals surface area (Å²) in [5, 5.41) is 4.65. The summed E-state index contributed by atoms with van der Waals surface area (Å²) < 4.78 is 1.16. The first-order valence-electron chi connectivity index (χ1n) is 5.67. The fourth-order valence-corrected chi connectivity index (χ4v) is 2.81. The van der Waals surface area contributed by atoms with Gasteiger partial charge in [0.1, 0.15) is 0 Å². The van der Waals surface area contributed by atoms with Crippen LogP contribution in [0.5, 0.6) is 0 Å². The number of thiazole rings is 1. The summed E-state index contributed by atoms with van der Waals surface area (Å²) >= 11 is 5.34. The van der Waals surface area contributed by atoms with Gasteiger partial charge in [-0.2, -0.15) is 0 Å². The zero-order valence-corrected chi connectivity index (χ0v) is 12.1. The average molecular weight is 311 g/mol. The Bertz CT molecular complexity index is 482. The third kappa shape index (κ3) is 3.63. The molecule has 0 radical (unpaired) electrons. The van der Waals surface area contributed by atoms with Crippen molar-refractivity contribution < 1.29 is 0 Å². The molecular weight excluding hydrogens is 296 g/mol. The van der Waals surface area contributed by atoms with Crippen molar-refractivity contribution in [2.45, 2.75) is 26.4 Å². The number of aromatic nitrogens is 1. The highest BCUT2D eigenvalue weighted by atomic mass is 79.9. The molecule has 0 aliphatic heterocycles. The van der Waals surface area contributed by atoms with Gasteiger partial charge in [0.05, 0.1) is 5.01 Å². The molecule has 90 valence electrons. The van der Waals surface area contributed by atoms with E-state index in [2.05, 4.69) is 51.4 Å². The lowest BCUT2D eigenvalue weighted by Gasteiger charge is -2.05. The summed E-state index contributed by atoms with van der Waals surface area (Å²) in [4.78, 5) is 5.65. The molecular formula is C13H15BrN2S. The Balaban J connectivity index is 1.85. The molecule has 17 heavy (non-hydrogen) atoms. The second kappa shape index (κ2) is 6.28. The maximum absolute atomic E-state index is 4.35. The SMILES string of the molecule is CCc1ncc(CNCc2ccccc2Br)s1. The molecule has 2 aromatic rings. The number of hydrogen-bond donors (Lipinski definition) is 1. The van der Waals surface area contributed by atoms with E-state index in [1.54, 1.807) is 11.3 Å². The summed E-state index contributed by atoms with van der Waals surface area (Å²) in [6.45, 7) is 3.90. The molecule has 4 heteroatoms. The van der Waals surface area contributed by atoms with E-state index in [1.165, 1.54) is 15.4 Å². The fourth-order valence-electron chi connectivity index (χ4n) is 1.56. The van der Waals surface area contributed by atoms with E-state index >= 15 is 0 Å². The van der Waals surface area contributed by atoms with Gasteiger partial charge in [-0.25, -0.2) is 4.98 Å². The zero-order chi connectivity index (χ0) is 12.1. The van der Waals surface area contributed by atoms with E-state index < -0.39 is 0 Å². The Hall–Kier alpha value is -0.710. The highest BCUT2D eigenvalue weighted by Crippen LogP contribution is 2.16. The Labute approximate surface area is 114 Å². The quantitative estimate of drug-likeness (QED) is 0.909. The smallest absolute Gasteiger partial charge is 0.0925 e. The molecule has 0 saturated heterocycles. The van der Waals surface area contributed by atoms with Crippen molar-refractivity contribution in [1.82, 2.24) is 10.3 Å². The van der Waals surface area contributed by atoms with Crippen LogP contribution in [0.1, 0.15) is 22.4 Å². The lowest BCUT2D eigenvalue weighted by molar-refractivity contribution is 0.698. The predicted molar refractivity (Wildman–Crippen MR) is 76.2 cm³/mol. The zero-order valence-electron chi connectivity index (χ0n) is 9.74. The Kier molecular flexibility index (Phi) is 4.71. The summed E-state index contributed by atoms with van der Waals surface area (Å²) in [6.07, 6.45) is 2.99. The van der Waals surface area contributed by atoms with Crippen LogP contribution in [0.15, 0.2) is 34.9 Å². The van der Waals surface area contributed by atoms with Crippen molar-refractivity contribution in [3.8, 4) is 0 Å². The van der Waals surface area contributed by atoms with E-state index in [1.807, 2.05) is 12.3 Å². The molecule has 2 rings (SSSR count). The molecule has 1 aromatic carbocycles. The van der Waals surface area contributed by atoms with Crippen LogP contribution >= 0.6 is 27.3 Å². The van der Waals surface area contributed by atoms with Gasteiger partial charge >= 0.3 is 0 Å². The van der Waals surface area contributed by atoms with Crippen molar-refractivity contribution in [3.63, 3.8) is 0 Å². The van der Waals surface area contributed by atoms with E-state index in [0.29, 0.717) is 0 Å². The van der Waals surface area contributed by atoms with Crippen molar-refractivity contribution in [1.29, 1.82) is 0 Å². The van der Waals surface area contributed by atoms with Crippen LogP contribution in [-0.2, 0) is 19.5 Å². The molecule has 0 fully saturated rings. The first kappa shape index (κ1) is 12.7. The largest absolute Gasteiger partial charge is 0.308 e.